The van der Waals surface area contributed by atoms with Gasteiger partial charge in [-0.2, -0.15) is 0 Å². The number of ether oxygens (including phenoxy) is 1. The number of nitrogens with one attached hydrogen (secondary N) is 1. The largest absolute Gasteiger partial charge is 0.497 e. The Morgan fingerprint density at radius 2 is 2.00 bits per heavy atom. The molecule has 2 aromatic carbocycles. The number of nitrogens with two attached hydrogens (primary N) is 1. The van der Waals surface area contributed by atoms with Gasteiger partial charge in [-0.1, -0.05) is 11.3 Å². The maximum absolute atomic E-state index is 11.0. The van der Waals surface area contributed by atoms with Crippen LogP contribution in [0, 0.1) is 0 Å². The van der Waals surface area contributed by atoms with Crippen LogP contribution in [0.1, 0.15) is 10.4 Å². The number of thiazole rings is 1. The highest BCUT2D eigenvalue weighted by atomic mass is 32.1. The molecule has 106 valence electrons. The molecule has 3 N–H and O–H groups in total. The van der Waals surface area contributed by atoms with E-state index in [0.29, 0.717) is 5.56 Å². The third-order valence-electron chi connectivity index (χ3n) is 3.02. The topological polar surface area (TPSA) is 77.2 Å². The van der Waals surface area contributed by atoms with Gasteiger partial charge in [-0.3, -0.25) is 4.79 Å². The van der Waals surface area contributed by atoms with E-state index in [1.807, 2.05) is 18.2 Å². The second-order valence-corrected chi connectivity index (χ2v) is 5.45. The van der Waals surface area contributed by atoms with Crippen molar-refractivity contribution < 1.29 is 9.53 Å². The van der Waals surface area contributed by atoms with Gasteiger partial charge in [-0.05, 0) is 42.5 Å². The Labute approximate surface area is 125 Å². The van der Waals surface area contributed by atoms with Gasteiger partial charge in [0, 0.05) is 11.3 Å². The number of amides is 1. The first-order valence-electron chi connectivity index (χ1n) is 6.27. The number of hydrogen-bond donors (Lipinski definition) is 2. The van der Waals surface area contributed by atoms with Crippen LogP contribution in [0.5, 0.6) is 5.75 Å². The zero-order valence-corrected chi connectivity index (χ0v) is 12.1. The molecule has 21 heavy (non-hydrogen) atoms. The van der Waals surface area contributed by atoms with Gasteiger partial charge in [0.05, 0.1) is 17.3 Å². The van der Waals surface area contributed by atoms with Crippen molar-refractivity contribution in [3.8, 4) is 5.75 Å². The van der Waals surface area contributed by atoms with Crippen molar-refractivity contribution in [1.82, 2.24) is 4.98 Å². The van der Waals surface area contributed by atoms with Gasteiger partial charge in [0.25, 0.3) is 0 Å². The van der Waals surface area contributed by atoms with Crippen molar-refractivity contribution in [2.75, 3.05) is 12.4 Å². The summed E-state index contributed by atoms with van der Waals surface area (Å²) in [6.07, 6.45) is 0. The number of hydrogen-bond acceptors (Lipinski definition) is 5. The van der Waals surface area contributed by atoms with Crippen LogP contribution < -0.4 is 15.8 Å². The van der Waals surface area contributed by atoms with Crippen molar-refractivity contribution >= 4 is 38.3 Å². The predicted octanol–water partition coefficient (Wildman–Crippen LogP) is 3.15. The predicted molar refractivity (Wildman–Crippen MR) is 84.4 cm³/mol. The number of primary amides is 1. The zero-order chi connectivity index (χ0) is 14.8. The first kappa shape index (κ1) is 13.4. The summed E-state index contributed by atoms with van der Waals surface area (Å²) < 4.78 is 6.25. The lowest BCUT2D eigenvalue weighted by Gasteiger charge is -2.02. The Hall–Kier alpha value is -2.60. The molecule has 0 saturated heterocycles. The van der Waals surface area contributed by atoms with Crippen LogP contribution in [0.25, 0.3) is 10.2 Å². The van der Waals surface area contributed by atoms with Gasteiger partial charge in [0.2, 0.25) is 5.91 Å². The molecular weight excluding hydrogens is 286 g/mol. The van der Waals surface area contributed by atoms with Crippen LogP contribution in [-0.2, 0) is 0 Å². The fourth-order valence-electron chi connectivity index (χ4n) is 1.93. The summed E-state index contributed by atoms with van der Waals surface area (Å²) in [7, 11) is 1.64. The number of aromatic nitrogens is 1. The molecule has 0 fully saturated rings. The third-order valence-corrected chi connectivity index (χ3v) is 3.95. The number of fused-ring (bicyclic) bond motifs is 1. The molecule has 0 spiro atoms. The van der Waals surface area contributed by atoms with Crippen LogP contribution >= 0.6 is 11.3 Å². The van der Waals surface area contributed by atoms with Crippen molar-refractivity contribution in [3.05, 3.63) is 48.0 Å². The number of carbonyl (C=O) groups is 1. The Bertz CT molecular complexity index is 796. The number of methoxy groups -OCH3 is 1. The van der Waals surface area contributed by atoms with E-state index in [9.17, 15) is 4.79 Å². The monoisotopic (exact) mass is 299 g/mol. The number of anilines is 2. The lowest BCUT2D eigenvalue weighted by atomic mass is 10.2. The Morgan fingerprint density at radius 1 is 1.24 bits per heavy atom. The Balaban J connectivity index is 1.85. The second-order valence-electron chi connectivity index (χ2n) is 4.42. The van der Waals surface area contributed by atoms with Gasteiger partial charge in [-0.25, -0.2) is 4.98 Å². The smallest absolute Gasteiger partial charge is 0.248 e. The van der Waals surface area contributed by atoms with E-state index in [1.54, 1.807) is 31.4 Å². The highest BCUT2D eigenvalue weighted by Crippen LogP contribution is 2.30. The molecule has 3 aromatic rings. The highest BCUT2D eigenvalue weighted by Gasteiger charge is 2.06. The van der Waals surface area contributed by atoms with Gasteiger partial charge in [0.1, 0.15) is 5.75 Å². The molecule has 1 heterocycles. The normalized spacial score (nSPS) is 10.5. The molecule has 6 heteroatoms. The molecule has 0 bridgehead atoms. The lowest BCUT2D eigenvalue weighted by Crippen LogP contribution is -2.10. The molecule has 0 radical (unpaired) electrons. The Kier molecular flexibility index (Phi) is 3.45. The van der Waals surface area contributed by atoms with E-state index in [0.717, 1.165) is 26.8 Å². The molecule has 0 aliphatic rings. The molecule has 3 rings (SSSR count). The van der Waals surface area contributed by atoms with Crippen molar-refractivity contribution in [1.29, 1.82) is 0 Å². The SMILES string of the molecule is COc1ccc2nc(Nc3ccc(C(N)=O)cc3)sc2c1. The van der Waals surface area contributed by atoms with Gasteiger partial charge in [0.15, 0.2) is 5.13 Å². The van der Waals surface area contributed by atoms with Crippen molar-refractivity contribution in [2.45, 2.75) is 0 Å². The fraction of sp³-hybridized carbons (Fsp3) is 0.0667. The molecule has 0 aliphatic carbocycles. The molecule has 0 saturated carbocycles. The average molecular weight is 299 g/mol. The van der Waals surface area contributed by atoms with E-state index in [4.69, 9.17) is 10.5 Å². The van der Waals surface area contributed by atoms with Crippen LogP contribution in [0.4, 0.5) is 10.8 Å². The van der Waals surface area contributed by atoms with Gasteiger partial charge in [-0.15, -0.1) is 0 Å². The van der Waals surface area contributed by atoms with Crippen LogP contribution in [0.2, 0.25) is 0 Å². The Morgan fingerprint density at radius 3 is 2.67 bits per heavy atom. The molecule has 0 aliphatic heterocycles. The molecule has 0 unspecified atom stereocenters. The summed E-state index contributed by atoms with van der Waals surface area (Å²) >= 11 is 1.54. The van der Waals surface area contributed by atoms with Crippen LogP contribution in [0.3, 0.4) is 0 Å². The number of rotatable bonds is 4. The van der Waals surface area contributed by atoms with Crippen LogP contribution in [0.15, 0.2) is 42.5 Å². The fourth-order valence-corrected chi connectivity index (χ4v) is 2.84. The standard InChI is InChI=1S/C15H13N3O2S/c1-20-11-6-7-12-13(8-11)21-15(18-12)17-10-4-2-9(3-5-10)14(16)19/h2-8H,1H3,(H2,16,19)(H,17,18). The average Bonchev–Trinajstić information content (AvgIpc) is 2.88. The third kappa shape index (κ3) is 2.80. The van der Waals surface area contributed by atoms with E-state index >= 15 is 0 Å². The van der Waals surface area contributed by atoms with Crippen molar-refractivity contribution in [2.24, 2.45) is 5.73 Å². The van der Waals surface area contributed by atoms with E-state index < -0.39 is 5.91 Å². The van der Waals surface area contributed by atoms with E-state index in [1.165, 1.54) is 11.3 Å². The zero-order valence-electron chi connectivity index (χ0n) is 11.3. The first-order chi connectivity index (χ1) is 10.2. The van der Waals surface area contributed by atoms with E-state index in [-0.39, 0.29) is 0 Å². The maximum Gasteiger partial charge on any atom is 0.248 e. The number of nitrogens with zero attached hydrogens (tertiary/aromatic N) is 1. The molecular formula is C15H13N3O2S. The minimum Gasteiger partial charge on any atom is -0.497 e. The summed E-state index contributed by atoms with van der Waals surface area (Å²) in [6.45, 7) is 0. The molecule has 1 aromatic heterocycles. The summed E-state index contributed by atoms with van der Waals surface area (Å²) in [6, 6.07) is 12.7. The highest BCUT2D eigenvalue weighted by molar-refractivity contribution is 7.22. The van der Waals surface area contributed by atoms with Gasteiger partial charge < -0.3 is 15.8 Å². The summed E-state index contributed by atoms with van der Waals surface area (Å²) in [5.41, 5.74) is 7.46. The summed E-state index contributed by atoms with van der Waals surface area (Å²) in [5.74, 6) is 0.372. The first-order valence-corrected chi connectivity index (χ1v) is 7.09. The quantitative estimate of drug-likeness (QED) is 0.776. The lowest BCUT2D eigenvalue weighted by molar-refractivity contribution is 0.100. The minimum absolute atomic E-state index is 0.436. The van der Waals surface area contributed by atoms with E-state index in [2.05, 4.69) is 10.3 Å². The number of carbonyl (C=O) groups excluding carboxylic acids is 1. The molecule has 1 amide bonds. The van der Waals surface area contributed by atoms with Crippen molar-refractivity contribution in [3.63, 3.8) is 0 Å². The second kappa shape index (κ2) is 5.41. The summed E-state index contributed by atoms with van der Waals surface area (Å²) in [5, 5.41) is 3.99. The van der Waals surface area contributed by atoms with Crippen LogP contribution in [-0.4, -0.2) is 18.0 Å². The summed E-state index contributed by atoms with van der Waals surface area (Å²) in [4.78, 5) is 15.5. The molecule has 5 nitrogen and oxygen atoms in total. The van der Waals surface area contributed by atoms with Gasteiger partial charge >= 0.3 is 0 Å². The number of benzene rings is 2. The molecule has 0 atom stereocenters. The minimum atomic E-state index is -0.436. The maximum atomic E-state index is 11.0.